The predicted octanol–water partition coefficient (Wildman–Crippen LogP) is 2.23. The van der Waals surface area contributed by atoms with Crippen LogP contribution in [0, 0.1) is 0 Å². The molecule has 1 aromatic heterocycles. The fraction of sp³-hybridized carbons (Fsp3) is 0.750. The molecule has 0 unspecified atom stereocenters. The summed E-state index contributed by atoms with van der Waals surface area (Å²) in [5.74, 6) is 2.61. The van der Waals surface area contributed by atoms with Gasteiger partial charge in [0.1, 0.15) is 0 Å². The highest BCUT2D eigenvalue weighted by Crippen LogP contribution is 2.12. The summed E-state index contributed by atoms with van der Waals surface area (Å²) < 4.78 is 2.06. The highest BCUT2D eigenvalue weighted by Gasteiger charge is 2.10. The van der Waals surface area contributed by atoms with Crippen molar-refractivity contribution < 1.29 is 0 Å². The Kier molecular flexibility index (Phi) is 4.72. The molecule has 2 heterocycles. The summed E-state index contributed by atoms with van der Waals surface area (Å²) in [5, 5.41) is 4.38. The van der Waals surface area contributed by atoms with Gasteiger partial charge in [-0.2, -0.15) is 16.9 Å². The van der Waals surface area contributed by atoms with Gasteiger partial charge in [0.2, 0.25) is 0 Å². The van der Waals surface area contributed by atoms with Gasteiger partial charge < -0.3 is 0 Å². The van der Waals surface area contributed by atoms with Gasteiger partial charge in [-0.3, -0.25) is 9.58 Å². The Balaban J connectivity index is 1.86. The van der Waals surface area contributed by atoms with Crippen LogP contribution in [-0.4, -0.2) is 39.3 Å². The van der Waals surface area contributed by atoms with Crippen LogP contribution in [0.1, 0.15) is 25.3 Å². The van der Waals surface area contributed by atoms with Crippen molar-refractivity contribution in [3.05, 3.63) is 18.0 Å². The van der Waals surface area contributed by atoms with Crippen LogP contribution in [-0.2, 0) is 13.1 Å². The molecule has 0 N–H and O–H groups in total. The first-order chi connectivity index (χ1) is 7.88. The minimum atomic E-state index is 1.04. The zero-order valence-electron chi connectivity index (χ0n) is 10.1. The first-order valence-corrected chi connectivity index (χ1v) is 7.35. The summed E-state index contributed by atoms with van der Waals surface area (Å²) in [5.41, 5.74) is 1.36. The minimum Gasteiger partial charge on any atom is -0.298 e. The average molecular weight is 239 g/mol. The van der Waals surface area contributed by atoms with Crippen molar-refractivity contribution in [2.75, 3.05) is 24.6 Å². The third-order valence-electron chi connectivity index (χ3n) is 2.86. The van der Waals surface area contributed by atoms with Crippen molar-refractivity contribution >= 4 is 11.8 Å². The lowest BCUT2D eigenvalue weighted by Crippen LogP contribution is -2.25. The second kappa shape index (κ2) is 6.30. The van der Waals surface area contributed by atoms with Gasteiger partial charge in [0.15, 0.2) is 0 Å². The van der Waals surface area contributed by atoms with Crippen molar-refractivity contribution in [1.82, 2.24) is 14.7 Å². The molecule has 2 rings (SSSR count). The topological polar surface area (TPSA) is 21.1 Å². The molecule has 0 bridgehead atoms. The molecule has 0 aromatic carbocycles. The summed E-state index contributed by atoms with van der Waals surface area (Å²) in [6, 6.07) is 0. The molecule has 1 saturated heterocycles. The van der Waals surface area contributed by atoms with Crippen molar-refractivity contribution in [1.29, 1.82) is 0 Å². The molecule has 0 saturated carbocycles. The Morgan fingerprint density at radius 1 is 1.38 bits per heavy atom. The van der Waals surface area contributed by atoms with Crippen LogP contribution < -0.4 is 0 Å². The third kappa shape index (κ3) is 3.52. The van der Waals surface area contributed by atoms with E-state index < -0.39 is 0 Å². The molecule has 0 amide bonds. The fourth-order valence-electron chi connectivity index (χ4n) is 2.05. The van der Waals surface area contributed by atoms with Crippen molar-refractivity contribution in [3.63, 3.8) is 0 Å². The maximum absolute atomic E-state index is 4.38. The van der Waals surface area contributed by atoms with Gasteiger partial charge in [0.05, 0.1) is 6.20 Å². The Morgan fingerprint density at radius 2 is 2.31 bits per heavy atom. The molecule has 1 aromatic rings. The highest BCUT2D eigenvalue weighted by molar-refractivity contribution is 7.99. The Hall–Kier alpha value is -0.480. The molecule has 4 heteroatoms. The Labute approximate surface area is 102 Å². The van der Waals surface area contributed by atoms with Gasteiger partial charge in [-0.25, -0.2) is 0 Å². The molecule has 1 aliphatic heterocycles. The van der Waals surface area contributed by atoms with Crippen molar-refractivity contribution in [3.8, 4) is 0 Å². The van der Waals surface area contributed by atoms with Crippen LogP contribution in [0.25, 0.3) is 0 Å². The van der Waals surface area contributed by atoms with E-state index in [1.807, 2.05) is 6.20 Å². The van der Waals surface area contributed by atoms with Gasteiger partial charge in [0.25, 0.3) is 0 Å². The monoisotopic (exact) mass is 239 g/mol. The maximum atomic E-state index is 4.38. The van der Waals surface area contributed by atoms with Crippen LogP contribution in [0.4, 0.5) is 0 Å². The van der Waals surface area contributed by atoms with E-state index in [-0.39, 0.29) is 0 Å². The van der Waals surface area contributed by atoms with E-state index in [2.05, 4.69) is 39.6 Å². The minimum absolute atomic E-state index is 1.04. The first-order valence-electron chi connectivity index (χ1n) is 6.20. The SMILES string of the molecule is CCCn1cc(CN2CCCSCC2)cn1. The lowest BCUT2D eigenvalue weighted by molar-refractivity contribution is 0.287. The molecular formula is C12H21N3S. The van der Waals surface area contributed by atoms with Crippen LogP contribution >= 0.6 is 11.8 Å². The molecule has 16 heavy (non-hydrogen) atoms. The van der Waals surface area contributed by atoms with Crippen LogP contribution in [0.15, 0.2) is 12.4 Å². The van der Waals surface area contributed by atoms with E-state index in [0.717, 1.165) is 19.5 Å². The smallest absolute Gasteiger partial charge is 0.0534 e. The van der Waals surface area contributed by atoms with Crippen molar-refractivity contribution in [2.24, 2.45) is 0 Å². The molecule has 0 aliphatic carbocycles. The summed E-state index contributed by atoms with van der Waals surface area (Å²) >= 11 is 2.08. The molecule has 1 aliphatic rings. The summed E-state index contributed by atoms with van der Waals surface area (Å²) in [6.07, 6.45) is 6.70. The molecule has 0 spiro atoms. The Bertz CT molecular complexity index is 303. The number of thioether (sulfide) groups is 1. The zero-order chi connectivity index (χ0) is 11.2. The predicted molar refractivity (Wildman–Crippen MR) is 69.7 cm³/mol. The van der Waals surface area contributed by atoms with E-state index >= 15 is 0 Å². The lowest BCUT2D eigenvalue weighted by Gasteiger charge is -2.17. The fourth-order valence-corrected chi connectivity index (χ4v) is 2.98. The normalized spacial score (nSPS) is 18.6. The van der Waals surface area contributed by atoms with Gasteiger partial charge in [0, 0.05) is 37.1 Å². The van der Waals surface area contributed by atoms with E-state index in [9.17, 15) is 0 Å². The number of hydrogen-bond acceptors (Lipinski definition) is 3. The summed E-state index contributed by atoms with van der Waals surface area (Å²) in [4.78, 5) is 2.55. The molecule has 0 radical (unpaired) electrons. The van der Waals surface area contributed by atoms with Crippen LogP contribution in [0.3, 0.4) is 0 Å². The largest absolute Gasteiger partial charge is 0.298 e. The molecule has 90 valence electrons. The van der Waals surface area contributed by atoms with E-state index in [1.54, 1.807) is 0 Å². The third-order valence-corrected chi connectivity index (χ3v) is 3.91. The summed E-state index contributed by atoms with van der Waals surface area (Å²) in [6.45, 7) is 6.77. The second-order valence-electron chi connectivity index (χ2n) is 4.35. The van der Waals surface area contributed by atoms with Gasteiger partial charge >= 0.3 is 0 Å². The van der Waals surface area contributed by atoms with E-state index in [1.165, 1.54) is 36.6 Å². The van der Waals surface area contributed by atoms with E-state index in [4.69, 9.17) is 0 Å². The molecule has 3 nitrogen and oxygen atoms in total. The van der Waals surface area contributed by atoms with Crippen LogP contribution in [0.5, 0.6) is 0 Å². The van der Waals surface area contributed by atoms with Crippen molar-refractivity contribution in [2.45, 2.75) is 32.9 Å². The maximum Gasteiger partial charge on any atom is 0.0534 e. The standard InChI is InChI=1S/C12H21N3S/c1-2-4-15-11-12(9-13-15)10-14-5-3-7-16-8-6-14/h9,11H,2-8,10H2,1H3. The first kappa shape index (κ1) is 12.0. The van der Waals surface area contributed by atoms with Gasteiger partial charge in [-0.1, -0.05) is 6.92 Å². The zero-order valence-corrected chi connectivity index (χ0v) is 10.9. The second-order valence-corrected chi connectivity index (χ2v) is 5.58. The molecule has 1 fully saturated rings. The molecular weight excluding hydrogens is 218 g/mol. The number of aryl methyl sites for hydroxylation is 1. The Morgan fingerprint density at radius 3 is 3.19 bits per heavy atom. The van der Waals surface area contributed by atoms with Gasteiger partial charge in [-0.05, 0) is 25.1 Å². The van der Waals surface area contributed by atoms with Crippen LogP contribution in [0.2, 0.25) is 0 Å². The van der Waals surface area contributed by atoms with E-state index in [0.29, 0.717) is 0 Å². The summed E-state index contributed by atoms with van der Waals surface area (Å²) in [7, 11) is 0. The average Bonchev–Trinajstić information content (AvgIpc) is 2.56. The highest BCUT2D eigenvalue weighted by atomic mass is 32.2. The quantitative estimate of drug-likeness (QED) is 0.804. The number of rotatable bonds is 4. The van der Waals surface area contributed by atoms with Gasteiger partial charge in [-0.15, -0.1) is 0 Å². The lowest BCUT2D eigenvalue weighted by atomic mass is 10.3. The number of nitrogens with zero attached hydrogens (tertiary/aromatic N) is 3. The molecule has 0 atom stereocenters. The number of aromatic nitrogens is 2. The number of hydrogen-bond donors (Lipinski definition) is 0.